The van der Waals surface area contributed by atoms with Gasteiger partial charge in [-0.3, -0.25) is 0 Å². The van der Waals surface area contributed by atoms with Crippen LogP contribution in [-0.4, -0.2) is 21.1 Å². The number of benzene rings is 9. The average molecular weight is 1240 g/mol. The molecule has 3 aliphatic rings. The van der Waals surface area contributed by atoms with Crippen molar-refractivity contribution in [3.63, 3.8) is 0 Å². The predicted molar refractivity (Wildman–Crippen MR) is 334 cm³/mol. The number of ether oxygens (including phenoxy) is 1. The molecular weight excluding hydrogens is 1170 g/mol. The first-order valence-electron chi connectivity index (χ1n) is 29.3. The van der Waals surface area contributed by atoms with Crippen molar-refractivity contribution in [2.75, 3.05) is 9.62 Å². The Labute approximate surface area is 490 Å². The number of rotatable bonds is 10. The van der Waals surface area contributed by atoms with Gasteiger partial charge in [-0.2, -0.15) is 0 Å². The fourth-order valence-corrected chi connectivity index (χ4v) is 13.5. The summed E-state index contributed by atoms with van der Waals surface area (Å²) in [6.45, 7) is 17.6. The van der Waals surface area contributed by atoms with Gasteiger partial charge >= 0.3 is 422 Å². The van der Waals surface area contributed by atoms with Crippen molar-refractivity contribution < 1.29 is 26.8 Å². The molecule has 2 aromatic heterocycles. The number of para-hydroxylation sites is 5. The Morgan fingerprint density at radius 2 is 1.07 bits per heavy atom. The van der Waals surface area contributed by atoms with Gasteiger partial charge in [0.05, 0.1) is 0 Å². The molecule has 0 unspecified atom stereocenters. The van der Waals surface area contributed by atoms with Crippen LogP contribution in [0, 0.1) is 9.72 Å². The second-order valence-electron chi connectivity index (χ2n) is 24.2. The number of nitrogens with zero attached hydrogens (tertiary/aromatic N) is 5. The Bertz CT molecular complexity index is 4480. The summed E-state index contributed by atoms with van der Waals surface area (Å²) in [5.74, 6) is 1.63. The Morgan fingerprint density at radius 3 is 1.77 bits per heavy atom. The summed E-state index contributed by atoms with van der Waals surface area (Å²) in [6.07, 6.45) is -1.31. The Morgan fingerprint density at radius 1 is 0.506 bits per heavy atom. The standard InChI is InChI=1S/C73H64BN5O.Pt/c1-47(2)34-35-48-38-55(45-56(39-48)80-68-37-36-60-59-28-21-27-58-57-26-15-16-29-63(57)78-66-32-19-20-33-67(66)79(71(60)75-68)74(78)69(58)59)76-46-77(65-31-18-17-30-64(65)76)70-61(50-24-13-10-14-25-50)43-54(73(6,7)8)44-62(70)52-40-51(49-22-11-9-12-23-49)41-53(42-52)72(3,4)5;/h9-33,36-45,47H,34-35H2,1-8H3;/i34D2;. The molecule has 0 saturated carbocycles. The van der Waals surface area contributed by atoms with Crippen LogP contribution in [0.25, 0.3) is 78.0 Å². The van der Waals surface area contributed by atoms with Crippen LogP contribution in [0.15, 0.2) is 212 Å². The topological polar surface area (TPSA) is 38.5 Å². The van der Waals surface area contributed by atoms with Crippen LogP contribution < -0.4 is 19.8 Å². The summed E-state index contributed by atoms with van der Waals surface area (Å²) >= 11 is 2.53. The average Bonchev–Trinajstić information content (AvgIpc) is 3.61. The fourth-order valence-electron chi connectivity index (χ4n) is 12.4. The Kier molecular flexibility index (Phi) is 11.7. The molecule has 0 saturated heterocycles. The molecule has 3 aliphatic heterocycles. The van der Waals surface area contributed by atoms with E-state index in [1.54, 1.807) is 0 Å². The zero-order valence-corrected chi connectivity index (χ0v) is 49.3. The van der Waals surface area contributed by atoms with E-state index in [1.165, 1.54) is 44.5 Å². The van der Waals surface area contributed by atoms with Gasteiger partial charge in [0, 0.05) is 11.3 Å². The second-order valence-corrected chi connectivity index (χ2v) is 25.2. The van der Waals surface area contributed by atoms with Gasteiger partial charge in [-0.15, -0.1) is 0 Å². The Balaban J connectivity index is 0.974. The zero-order chi connectivity index (χ0) is 57.3. The van der Waals surface area contributed by atoms with E-state index in [0.717, 1.165) is 82.3 Å². The van der Waals surface area contributed by atoms with E-state index in [1.807, 2.05) is 26.0 Å². The zero-order valence-electron chi connectivity index (χ0n) is 49.0. The third-order valence-corrected chi connectivity index (χ3v) is 17.4. The fraction of sp³-hybridized carbons (Fsp3) is 0.178. The SMILES string of the molecule is [2H]C([2H])(Cc1cc(Oc2ccc3c(n2)N2B4c5c(cccc5-3)-c3ccccc3N4c3ccccc32)cc(-n2[c](=[Pt])n(-c3c(-c4ccccc4)cc(C(C)(C)C)cc3-c3cc(-c4ccccc4)cc(C(C)(C)C)c3)c3ccccc32)c1)C(C)C. The van der Waals surface area contributed by atoms with Gasteiger partial charge in [-0.05, 0) is 17.7 Å². The molecule has 14 rings (SSSR count). The normalized spacial score (nSPS) is 13.7. The molecular formula is C73H64BN5OPt. The molecule has 81 heavy (non-hydrogen) atoms. The van der Waals surface area contributed by atoms with E-state index >= 15 is 0 Å². The molecule has 9 aromatic carbocycles. The molecule has 0 radical (unpaired) electrons. The van der Waals surface area contributed by atoms with Crippen molar-refractivity contribution >= 4 is 46.4 Å². The van der Waals surface area contributed by atoms with Gasteiger partial charge < -0.3 is 0 Å². The third-order valence-electron chi connectivity index (χ3n) is 16.4. The molecule has 0 aliphatic carbocycles. The molecule has 0 amide bonds. The molecule has 0 N–H and O–H groups in total. The van der Waals surface area contributed by atoms with E-state index in [2.05, 4.69) is 280 Å². The van der Waals surface area contributed by atoms with Crippen LogP contribution in [0.1, 0.15) is 81.2 Å². The van der Waals surface area contributed by atoms with E-state index in [-0.39, 0.29) is 30.2 Å². The maximum atomic E-state index is 9.34. The summed E-state index contributed by atoms with van der Waals surface area (Å²) in [5.41, 5.74) is 23.2. The summed E-state index contributed by atoms with van der Waals surface area (Å²) in [6, 6.07) is 76.7. The summed E-state index contributed by atoms with van der Waals surface area (Å²) in [7, 11) is 0. The first kappa shape index (κ1) is 48.6. The molecule has 6 nitrogen and oxygen atoms in total. The van der Waals surface area contributed by atoms with Gasteiger partial charge in [0.1, 0.15) is 0 Å². The molecule has 0 bridgehead atoms. The van der Waals surface area contributed by atoms with E-state index in [9.17, 15) is 2.74 Å². The molecule has 11 aromatic rings. The summed E-state index contributed by atoms with van der Waals surface area (Å²) in [4.78, 5) is 10.3. The van der Waals surface area contributed by atoms with Gasteiger partial charge in [0.25, 0.3) is 0 Å². The molecule has 0 atom stereocenters. The maximum absolute atomic E-state index is 9.34. The van der Waals surface area contributed by atoms with Crippen molar-refractivity contribution in [3.05, 3.63) is 233 Å². The second kappa shape index (κ2) is 19.5. The number of hydrogen-bond acceptors (Lipinski definition) is 4. The first-order valence-corrected chi connectivity index (χ1v) is 29.4. The number of aromatic nitrogens is 3. The van der Waals surface area contributed by atoms with Crippen LogP contribution in [0.5, 0.6) is 11.6 Å². The number of hydrogen-bond donors (Lipinski definition) is 0. The van der Waals surface area contributed by atoms with Crippen LogP contribution in [0.2, 0.25) is 0 Å². The molecule has 0 fully saturated rings. The van der Waals surface area contributed by atoms with Gasteiger partial charge in [-0.25, -0.2) is 0 Å². The van der Waals surface area contributed by atoms with Gasteiger partial charge in [0.2, 0.25) is 0 Å². The van der Waals surface area contributed by atoms with Crippen molar-refractivity contribution in [1.82, 2.24) is 14.1 Å². The van der Waals surface area contributed by atoms with Crippen molar-refractivity contribution in [2.45, 2.75) is 79.0 Å². The predicted octanol–water partition coefficient (Wildman–Crippen LogP) is 18.5. The molecule has 5 heterocycles. The third kappa shape index (κ3) is 8.66. The molecule has 0 spiro atoms. The van der Waals surface area contributed by atoms with Crippen molar-refractivity contribution in [3.8, 4) is 78.6 Å². The van der Waals surface area contributed by atoms with Crippen molar-refractivity contribution in [2.24, 2.45) is 5.92 Å². The van der Waals surface area contributed by atoms with E-state index in [0.29, 0.717) is 11.6 Å². The quantitative estimate of drug-likeness (QED) is 0.128. The Hall–Kier alpha value is -8.25. The number of aryl methyl sites for hydroxylation is 1. The van der Waals surface area contributed by atoms with Gasteiger partial charge in [0.15, 0.2) is 0 Å². The van der Waals surface area contributed by atoms with Crippen LogP contribution in [0.3, 0.4) is 0 Å². The summed E-state index contributed by atoms with van der Waals surface area (Å²) in [5, 5.41) is 0. The molecule has 400 valence electrons. The number of pyridine rings is 1. The van der Waals surface area contributed by atoms with E-state index < -0.39 is 6.37 Å². The number of fused-ring (bicyclic) bond motifs is 10. The number of imidazole rings is 1. The summed E-state index contributed by atoms with van der Waals surface area (Å²) < 4.78 is 31.5. The minimum atomic E-state index is -1.50. The van der Waals surface area contributed by atoms with Crippen LogP contribution in [0.4, 0.5) is 22.9 Å². The number of anilines is 4. The monoisotopic (exact) mass is 1230 g/mol. The minimum absolute atomic E-state index is 0.131. The molecule has 8 heteroatoms. The van der Waals surface area contributed by atoms with Crippen molar-refractivity contribution in [1.29, 1.82) is 0 Å². The van der Waals surface area contributed by atoms with Crippen LogP contribution in [-0.2, 0) is 36.6 Å². The van der Waals surface area contributed by atoms with Gasteiger partial charge in [-0.1, -0.05) is 42.5 Å². The van der Waals surface area contributed by atoms with E-state index in [4.69, 9.17) is 9.72 Å². The first-order chi connectivity index (χ1) is 39.9. The van der Waals surface area contributed by atoms with Crippen LogP contribution >= 0.6 is 0 Å².